The van der Waals surface area contributed by atoms with E-state index >= 15 is 0 Å². The van der Waals surface area contributed by atoms with Crippen LogP contribution in [-0.4, -0.2) is 18.5 Å². The Balaban J connectivity index is 2.21. The van der Waals surface area contributed by atoms with Gasteiger partial charge in [0, 0.05) is 18.5 Å². The first-order valence-electron chi connectivity index (χ1n) is 4.15. The van der Waals surface area contributed by atoms with Gasteiger partial charge in [0.05, 0.1) is 0 Å². The van der Waals surface area contributed by atoms with Crippen molar-refractivity contribution in [2.24, 2.45) is 17.6 Å². The lowest BCUT2D eigenvalue weighted by atomic mass is 10.3. The van der Waals surface area contributed by atoms with E-state index in [0.29, 0.717) is 12.5 Å². The standard InChI is InChI=1S/C8H16N2O/c1-5-3-7(5)8(11)10-6(2)4-9/h5-7H,3-4,9H2,1-2H3,(H,10,11). The van der Waals surface area contributed by atoms with Gasteiger partial charge < -0.3 is 11.1 Å². The second-order valence-electron chi connectivity index (χ2n) is 3.46. The molecule has 0 aromatic rings. The summed E-state index contributed by atoms with van der Waals surface area (Å²) in [5.74, 6) is 1.03. The van der Waals surface area contributed by atoms with Crippen molar-refractivity contribution in [2.75, 3.05) is 6.54 Å². The van der Waals surface area contributed by atoms with E-state index in [1.807, 2.05) is 6.92 Å². The highest BCUT2D eigenvalue weighted by Gasteiger charge is 2.39. The van der Waals surface area contributed by atoms with Gasteiger partial charge in [-0.15, -0.1) is 0 Å². The Morgan fingerprint density at radius 1 is 1.82 bits per heavy atom. The first kappa shape index (κ1) is 8.53. The summed E-state index contributed by atoms with van der Waals surface area (Å²) in [6.45, 7) is 4.54. The van der Waals surface area contributed by atoms with E-state index in [1.165, 1.54) is 0 Å². The Hall–Kier alpha value is -0.570. The Morgan fingerprint density at radius 3 is 2.73 bits per heavy atom. The second-order valence-corrected chi connectivity index (χ2v) is 3.46. The molecule has 0 spiro atoms. The van der Waals surface area contributed by atoms with Gasteiger partial charge in [0.2, 0.25) is 5.91 Å². The van der Waals surface area contributed by atoms with Crippen molar-refractivity contribution < 1.29 is 4.79 Å². The Labute approximate surface area is 67.3 Å². The molecule has 0 aromatic heterocycles. The molecule has 1 aliphatic rings. The number of amides is 1. The van der Waals surface area contributed by atoms with Gasteiger partial charge in [0.25, 0.3) is 0 Å². The lowest BCUT2D eigenvalue weighted by Gasteiger charge is -2.10. The van der Waals surface area contributed by atoms with Crippen molar-refractivity contribution in [1.29, 1.82) is 0 Å². The van der Waals surface area contributed by atoms with Crippen LogP contribution < -0.4 is 11.1 Å². The summed E-state index contributed by atoms with van der Waals surface area (Å²) in [5.41, 5.74) is 5.36. The van der Waals surface area contributed by atoms with Crippen LogP contribution in [0.15, 0.2) is 0 Å². The van der Waals surface area contributed by atoms with E-state index in [9.17, 15) is 4.79 Å². The fourth-order valence-electron chi connectivity index (χ4n) is 1.10. The quantitative estimate of drug-likeness (QED) is 0.609. The van der Waals surface area contributed by atoms with Crippen molar-refractivity contribution in [3.05, 3.63) is 0 Å². The minimum Gasteiger partial charge on any atom is -0.352 e. The summed E-state index contributed by atoms with van der Waals surface area (Å²) in [4.78, 5) is 11.2. The monoisotopic (exact) mass is 156 g/mol. The molecule has 3 unspecified atom stereocenters. The average molecular weight is 156 g/mol. The van der Waals surface area contributed by atoms with E-state index in [2.05, 4.69) is 12.2 Å². The van der Waals surface area contributed by atoms with Crippen LogP contribution in [0, 0.1) is 11.8 Å². The van der Waals surface area contributed by atoms with Crippen molar-refractivity contribution in [3.8, 4) is 0 Å². The summed E-state index contributed by atoms with van der Waals surface area (Å²) in [6.07, 6.45) is 1.04. The fourth-order valence-corrected chi connectivity index (χ4v) is 1.10. The topological polar surface area (TPSA) is 55.1 Å². The van der Waals surface area contributed by atoms with Crippen LogP contribution in [0.1, 0.15) is 20.3 Å². The molecule has 0 aliphatic heterocycles. The molecular weight excluding hydrogens is 140 g/mol. The zero-order valence-electron chi connectivity index (χ0n) is 7.13. The van der Waals surface area contributed by atoms with Crippen LogP contribution in [-0.2, 0) is 4.79 Å². The number of hydrogen-bond acceptors (Lipinski definition) is 2. The smallest absolute Gasteiger partial charge is 0.223 e. The number of rotatable bonds is 3. The molecule has 1 rings (SSSR count). The third kappa shape index (κ3) is 2.19. The van der Waals surface area contributed by atoms with Gasteiger partial charge in [0.1, 0.15) is 0 Å². The molecule has 64 valence electrons. The second kappa shape index (κ2) is 3.22. The molecule has 1 amide bonds. The highest BCUT2D eigenvalue weighted by atomic mass is 16.2. The third-order valence-electron chi connectivity index (χ3n) is 2.19. The minimum absolute atomic E-state index is 0.121. The summed E-state index contributed by atoms with van der Waals surface area (Å²) in [7, 11) is 0. The van der Waals surface area contributed by atoms with Crippen molar-refractivity contribution in [1.82, 2.24) is 5.32 Å². The molecule has 0 saturated heterocycles. The first-order valence-corrected chi connectivity index (χ1v) is 4.15. The number of carbonyl (C=O) groups is 1. The lowest BCUT2D eigenvalue weighted by molar-refractivity contribution is -0.123. The zero-order valence-corrected chi connectivity index (χ0v) is 7.13. The minimum atomic E-state index is 0.121. The number of nitrogens with two attached hydrogens (primary N) is 1. The van der Waals surface area contributed by atoms with Crippen LogP contribution >= 0.6 is 0 Å². The molecule has 0 bridgehead atoms. The summed E-state index contributed by atoms with van der Waals surface area (Å²) >= 11 is 0. The van der Waals surface area contributed by atoms with Gasteiger partial charge in [-0.05, 0) is 19.3 Å². The molecule has 3 N–H and O–H groups in total. The Kier molecular flexibility index (Phi) is 2.49. The third-order valence-corrected chi connectivity index (χ3v) is 2.19. The maximum atomic E-state index is 11.2. The fraction of sp³-hybridized carbons (Fsp3) is 0.875. The van der Waals surface area contributed by atoms with E-state index in [-0.39, 0.29) is 17.9 Å². The highest BCUT2D eigenvalue weighted by Crippen LogP contribution is 2.37. The van der Waals surface area contributed by atoms with Crippen LogP contribution in [0.4, 0.5) is 0 Å². The molecule has 3 atom stereocenters. The maximum Gasteiger partial charge on any atom is 0.223 e. The van der Waals surface area contributed by atoms with Gasteiger partial charge in [-0.3, -0.25) is 4.79 Å². The normalized spacial score (nSPS) is 31.2. The molecule has 3 nitrogen and oxygen atoms in total. The maximum absolute atomic E-state index is 11.2. The largest absolute Gasteiger partial charge is 0.352 e. The number of hydrogen-bond donors (Lipinski definition) is 2. The molecule has 0 radical (unpaired) electrons. The van der Waals surface area contributed by atoms with E-state index in [1.54, 1.807) is 0 Å². The SMILES string of the molecule is CC(CN)NC(=O)C1CC1C. The van der Waals surface area contributed by atoms with Crippen LogP contribution in [0.2, 0.25) is 0 Å². The molecule has 11 heavy (non-hydrogen) atoms. The van der Waals surface area contributed by atoms with Crippen molar-refractivity contribution >= 4 is 5.91 Å². The molecule has 1 aliphatic carbocycles. The zero-order chi connectivity index (χ0) is 8.43. The van der Waals surface area contributed by atoms with Crippen molar-refractivity contribution in [2.45, 2.75) is 26.3 Å². The van der Waals surface area contributed by atoms with Crippen molar-refractivity contribution in [3.63, 3.8) is 0 Å². The predicted molar refractivity (Wildman–Crippen MR) is 43.9 cm³/mol. The molecular formula is C8H16N2O. The van der Waals surface area contributed by atoms with Crippen LogP contribution in [0.5, 0.6) is 0 Å². The van der Waals surface area contributed by atoms with Gasteiger partial charge in [-0.25, -0.2) is 0 Å². The van der Waals surface area contributed by atoms with E-state index in [0.717, 1.165) is 6.42 Å². The van der Waals surface area contributed by atoms with Gasteiger partial charge >= 0.3 is 0 Å². The first-order chi connectivity index (χ1) is 5.15. The number of nitrogens with one attached hydrogen (secondary N) is 1. The lowest BCUT2D eigenvalue weighted by Crippen LogP contribution is -2.38. The van der Waals surface area contributed by atoms with Crippen LogP contribution in [0.3, 0.4) is 0 Å². The van der Waals surface area contributed by atoms with Crippen LogP contribution in [0.25, 0.3) is 0 Å². The summed E-state index contributed by atoms with van der Waals surface area (Å²) in [5, 5.41) is 2.86. The molecule has 1 saturated carbocycles. The summed E-state index contributed by atoms with van der Waals surface area (Å²) < 4.78 is 0. The molecule has 1 fully saturated rings. The Morgan fingerprint density at radius 2 is 2.36 bits per heavy atom. The van der Waals surface area contributed by atoms with Gasteiger partial charge in [0.15, 0.2) is 0 Å². The molecule has 3 heteroatoms. The Bertz CT molecular complexity index is 158. The summed E-state index contributed by atoms with van der Waals surface area (Å²) in [6, 6.07) is 0.121. The number of carbonyl (C=O) groups excluding carboxylic acids is 1. The van der Waals surface area contributed by atoms with E-state index < -0.39 is 0 Å². The molecule has 0 aromatic carbocycles. The molecule has 0 heterocycles. The predicted octanol–water partition coefficient (Wildman–Crippen LogP) is 0.106. The highest BCUT2D eigenvalue weighted by molar-refractivity contribution is 5.81. The van der Waals surface area contributed by atoms with Gasteiger partial charge in [-0.2, -0.15) is 0 Å². The van der Waals surface area contributed by atoms with Gasteiger partial charge in [-0.1, -0.05) is 6.92 Å². The van der Waals surface area contributed by atoms with E-state index in [4.69, 9.17) is 5.73 Å². The average Bonchev–Trinajstić information content (AvgIpc) is 2.66.